The minimum absolute atomic E-state index is 0.00174. The second-order valence-corrected chi connectivity index (χ2v) is 14.5. The molecule has 2 aliphatic rings. The van der Waals surface area contributed by atoms with Gasteiger partial charge in [0.15, 0.2) is 0 Å². The molecule has 5 heterocycles. The second-order valence-electron chi connectivity index (χ2n) is 14.5. The van der Waals surface area contributed by atoms with Crippen molar-refractivity contribution in [1.82, 2.24) is 19.9 Å². The van der Waals surface area contributed by atoms with Crippen LogP contribution in [0.4, 0.5) is 0 Å². The number of phenolic OH excluding ortho intramolecular Hbond substituents is 4. The molecular formula is C49H36N4O8. The first kappa shape index (κ1) is 38.2. The number of hydrogen-bond donors (Lipinski definition) is 6. The first-order valence-electron chi connectivity index (χ1n) is 19.1. The van der Waals surface area contributed by atoms with Crippen LogP contribution in [0.15, 0.2) is 103 Å². The molecule has 2 aliphatic heterocycles. The van der Waals surface area contributed by atoms with E-state index in [9.17, 15) is 30.0 Å². The monoisotopic (exact) mass is 808 g/mol. The molecule has 0 fully saturated rings. The molecule has 7 aromatic rings. The van der Waals surface area contributed by atoms with E-state index in [-0.39, 0.29) is 35.2 Å². The molecule has 0 atom stereocenters. The largest absolute Gasteiger partial charge is 0.508 e. The van der Waals surface area contributed by atoms with E-state index in [1.807, 2.05) is 79.8 Å². The van der Waals surface area contributed by atoms with Crippen LogP contribution in [0, 0.1) is 6.92 Å². The molecule has 6 N–H and O–H groups in total. The highest BCUT2D eigenvalue weighted by molar-refractivity contribution is 6.01. The normalized spacial score (nSPS) is 11.8. The fourth-order valence-corrected chi connectivity index (χ4v) is 7.78. The van der Waals surface area contributed by atoms with E-state index < -0.39 is 5.97 Å². The van der Waals surface area contributed by atoms with Crippen LogP contribution < -0.4 is 0 Å². The highest BCUT2D eigenvalue weighted by Gasteiger charge is 2.21. The third-order valence-corrected chi connectivity index (χ3v) is 10.8. The fraction of sp³-hybridized carbons (Fsp3) is 0.0612. The molecule has 12 nitrogen and oxygen atoms in total. The molecule has 0 saturated carbocycles. The van der Waals surface area contributed by atoms with Crippen molar-refractivity contribution in [2.24, 2.45) is 0 Å². The van der Waals surface area contributed by atoms with Crippen molar-refractivity contribution in [2.75, 3.05) is 7.11 Å². The Morgan fingerprint density at radius 3 is 1.52 bits per heavy atom. The summed E-state index contributed by atoms with van der Waals surface area (Å²) in [7, 11) is 1.24. The van der Waals surface area contributed by atoms with Crippen LogP contribution >= 0.6 is 0 Å². The lowest BCUT2D eigenvalue weighted by molar-refractivity contribution is -0.129. The molecule has 0 unspecified atom stereocenters. The zero-order chi connectivity index (χ0) is 42.4. The predicted octanol–water partition coefficient (Wildman–Crippen LogP) is 9.91. The number of ether oxygens (including phenoxy) is 2. The number of nitrogens with one attached hydrogen (secondary N) is 2. The lowest BCUT2D eigenvalue weighted by atomic mass is 10.0. The topological polar surface area (TPSA) is 191 Å². The molecule has 12 heteroatoms. The summed E-state index contributed by atoms with van der Waals surface area (Å²) in [5.41, 5.74) is 11.1. The maximum atomic E-state index is 12.5. The maximum absolute atomic E-state index is 12.5. The van der Waals surface area contributed by atoms with Crippen molar-refractivity contribution in [3.63, 3.8) is 0 Å². The van der Waals surface area contributed by atoms with Gasteiger partial charge in [0, 0.05) is 49.9 Å². The Hall–Kier alpha value is -8.38. The number of aromatic hydroxyl groups is 4. The summed E-state index contributed by atoms with van der Waals surface area (Å²) in [6.45, 7) is 2.03. The molecule has 0 spiro atoms. The predicted molar refractivity (Wildman–Crippen MR) is 234 cm³/mol. The molecule has 9 rings (SSSR count). The minimum atomic E-state index is -0.689. The lowest BCUT2D eigenvalue weighted by Crippen LogP contribution is -2.01. The number of methoxy groups -OCH3 is 1. The number of carbonyl (C=O) groups is 2. The number of aromatic nitrogens is 4. The quantitative estimate of drug-likeness (QED) is 0.0636. The van der Waals surface area contributed by atoms with Crippen LogP contribution in [0.2, 0.25) is 0 Å². The second kappa shape index (κ2) is 15.4. The Kier molecular flexibility index (Phi) is 9.64. The molecule has 0 radical (unpaired) electrons. The highest BCUT2D eigenvalue weighted by atomic mass is 16.5. The molecular weight excluding hydrogens is 773 g/mol. The van der Waals surface area contributed by atoms with Gasteiger partial charge in [0.1, 0.15) is 35.2 Å². The van der Waals surface area contributed by atoms with Gasteiger partial charge < -0.3 is 39.9 Å². The van der Waals surface area contributed by atoms with Crippen molar-refractivity contribution in [1.29, 1.82) is 0 Å². The number of nitrogens with zero attached hydrogens (tertiary/aromatic N) is 2. The smallest absolute Gasteiger partial charge is 0.341 e. The molecule has 0 saturated heterocycles. The van der Waals surface area contributed by atoms with Gasteiger partial charge in [-0.3, -0.25) is 4.79 Å². The molecule has 4 aromatic carbocycles. The minimum Gasteiger partial charge on any atom is -0.508 e. The summed E-state index contributed by atoms with van der Waals surface area (Å²) in [4.78, 5) is 41.0. The van der Waals surface area contributed by atoms with Gasteiger partial charge in [0.05, 0.1) is 29.9 Å². The molecule has 61 heavy (non-hydrogen) atoms. The zero-order valence-corrected chi connectivity index (χ0v) is 32.7. The standard InChI is InChI=1S/C49H36N4O8/c1-26-6-7-28(21-42(26)56)46-36-14-12-34(50-36)45(27-4-3-5-32(55)20-27)35-13-15-38(51-35)47(29-8-9-31(24-61-25-54)43(57)22-29)39-17-19-41(53-39)48(40-18-16-37(46)52-40)30-10-11-33(44(58)23-30)49(59)60-2/h3-23,25,50,53,55-58H,24H2,1-2H3. The third-order valence-electron chi connectivity index (χ3n) is 10.8. The van der Waals surface area contributed by atoms with E-state index in [1.165, 1.54) is 19.2 Å². The van der Waals surface area contributed by atoms with E-state index in [1.54, 1.807) is 42.5 Å². The zero-order valence-electron chi connectivity index (χ0n) is 32.7. The molecule has 3 aromatic heterocycles. The van der Waals surface area contributed by atoms with Crippen LogP contribution in [0.5, 0.6) is 23.0 Å². The molecule has 300 valence electrons. The van der Waals surface area contributed by atoms with Crippen molar-refractivity contribution >= 4 is 58.8 Å². The number of esters is 1. The van der Waals surface area contributed by atoms with Gasteiger partial charge >= 0.3 is 5.97 Å². The summed E-state index contributed by atoms with van der Waals surface area (Å²) < 4.78 is 9.82. The van der Waals surface area contributed by atoms with Gasteiger partial charge in [-0.2, -0.15) is 0 Å². The Morgan fingerprint density at radius 1 is 0.590 bits per heavy atom. The number of carbonyl (C=O) groups excluding carboxylic acids is 2. The van der Waals surface area contributed by atoms with E-state index in [0.29, 0.717) is 107 Å². The lowest BCUT2D eigenvalue weighted by Gasteiger charge is -2.09. The Balaban J connectivity index is 1.44. The number of benzene rings is 4. The highest BCUT2D eigenvalue weighted by Crippen LogP contribution is 2.41. The van der Waals surface area contributed by atoms with Crippen LogP contribution in [0.25, 0.3) is 90.9 Å². The van der Waals surface area contributed by atoms with Crippen LogP contribution in [-0.2, 0) is 20.9 Å². The van der Waals surface area contributed by atoms with E-state index in [2.05, 4.69) is 9.97 Å². The number of H-pyrrole nitrogens is 2. The Bertz CT molecular complexity index is 3190. The molecule has 8 bridgehead atoms. The number of hydrogen-bond acceptors (Lipinski definition) is 10. The van der Waals surface area contributed by atoms with Gasteiger partial charge in [-0.25, -0.2) is 14.8 Å². The maximum Gasteiger partial charge on any atom is 0.341 e. The van der Waals surface area contributed by atoms with Gasteiger partial charge in [-0.05, 0) is 120 Å². The number of fused-ring (bicyclic) bond motifs is 8. The summed E-state index contributed by atoms with van der Waals surface area (Å²) in [6.07, 6.45) is 7.51. The first-order valence-corrected chi connectivity index (χ1v) is 19.1. The van der Waals surface area contributed by atoms with Crippen LogP contribution in [0.1, 0.15) is 44.3 Å². The molecule has 0 amide bonds. The summed E-state index contributed by atoms with van der Waals surface area (Å²) in [5.74, 6) is -0.858. The summed E-state index contributed by atoms with van der Waals surface area (Å²) in [6, 6.07) is 29.8. The average molecular weight is 809 g/mol. The van der Waals surface area contributed by atoms with E-state index in [4.69, 9.17) is 19.4 Å². The van der Waals surface area contributed by atoms with Gasteiger partial charge in [0.2, 0.25) is 0 Å². The van der Waals surface area contributed by atoms with E-state index >= 15 is 0 Å². The number of rotatable bonds is 8. The average Bonchev–Trinajstić information content (AvgIpc) is 4.10. The van der Waals surface area contributed by atoms with Gasteiger partial charge in [-0.1, -0.05) is 42.5 Å². The van der Waals surface area contributed by atoms with E-state index in [0.717, 1.165) is 0 Å². The first-order chi connectivity index (χ1) is 29.6. The fourth-order valence-electron chi connectivity index (χ4n) is 7.78. The van der Waals surface area contributed by atoms with Crippen molar-refractivity contribution in [3.05, 3.63) is 143 Å². The van der Waals surface area contributed by atoms with Crippen molar-refractivity contribution in [3.8, 4) is 67.5 Å². The van der Waals surface area contributed by atoms with Crippen molar-refractivity contribution < 1.29 is 39.5 Å². The summed E-state index contributed by atoms with van der Waals surface area (Å²) in [5, 5.41) is 43.8. The Morgan fingerprint density at radius 2 is 1.07 bits per heavy atom. The number of phenols is 4. The van der Waals surface area contributed by atoms with Crippen LogP contribution in [0.3, 0.4) is 0 Å². The Labute approximate surface area is 348 Å². The van der Waals surface area contributed by atoms with Crippen LogP contribution in [-0.4, -0.2) is 59.9 Å². The summed E-state index contributed by atoms with van der Waals surface area (Å²) >= 11 is 0. The van der Waals surface area contributed by atoms with Gasteiger partial charge in [0.25, 0.3) is 6.47 Å². The number of aryl methyl sites for hydroxylation is 1. The SMILES string of the molecule is COC(=O)c1ccc(-c2c3nc(c(-c4ccc(C)c(O)c4)c4ccc([nH]4)c(-c4cccc(O)c4)c4nc(c(-c5ccc(COC=O)c(O)c5)c5ccc2[nH]5)C=C4)C=C3)cc1O. The molecule has 0 aliphatic carbocycles. The number of aromatic amines is 2. The van der Waals surface area contributed by atoms with Gasteiger partial charge in [-0.15, -0.1) is 0 Å². The van der Waals surface area contributed by atoms with Crippen molar-refractivity contribution in [2.45, 2.75) is 13.5 Å². The third kappa shape index (κ3) is 7.01.